The summed E-state index contributed by atoms with van der Waals surface area (Å²) in [6.45, 7) is 10.4. The van der Waals surface area contributed by atoms with Crippen molar-refractivity contribution in [3.63, 3.8) is 0 Å². The number of carbonyl (C=O) groups is 1. The summed E-state index contributed by atoms with van der Waals surface area (Å²) in [5.41, 5.74) is 0.942. The highest BCUT2D eigenvalue weighted by atomic mass is 16.5. The Morgan fingerprint density at radius 1 is 1.50 bits per heavy atom. The van der Waals surface area contributed by atoms with Crippen LogP contribution >= 0.6 is 0 Å². The van der Waals surface area contributed by atoms with Crippen LogP contribution in [0.3, 0.4) is 0 Å². The predicted octanol–water partition coefficient (Wildman–Crippen LogP) is 2.50. The van der Waals surface area contributed by atoms with E-state index in [1.165, 1.54) is 0 Å². The topological polar surface area (TPSA) is 52.3 Å². The van der Waals surface area contributed by atoms with Crippen molar-refractivity contribution in [1.82, 2.24) is 5.16 Å². The molecule has 4 heteroatoms. The molecule has 0 unspecified atom stereocenters. The molecule has 1 aromatic heterocycles. The monoisotopic (exact) mass is 201 g/mol. The molecule has 0 spiro atoms. The van der Waals surface area contributed by atoms with Gasteiger partial charge >= 0.3 is 0 Å². The average molecular weight is 201 g/mol. The number of aryl methyl sites for hydroxylation is 2. The van der Waals surface area contributed by atoms with Gasteiger partial charge in [0.25, 0.3) is 6.47 Å². The highest BCUT2D eigenvalue weighted by molar-refractivity contribution is 5.36. The molecule has 0 aliphatic carbocycles. The molecule has 0 atom stereocenters. The van der Waals surface area contributed by atoms with Gasteiger partial charge in [-0.25, -0.2) is 0 Å². The molecule has 0 saturated heterocycles. The van der Waals surface area contributed by atoms with Crippen LogP contribution in [0, 0.1) is 13.8 Å². The summed E-state index contributed by atoms with van der Waals surface area (Å²) in [4.78, 5) is 9.18. The largest absolute Gasteiger partial charge is 0.468 e. The van der Waals surface area contributed by atoms with Gasteiger partial charge in [-0.05, 0) is 20.8 Å². The van der Waals surface area contributed by atoms with E-state index < -0.39 is 0 Å². The summed E-state index contributed by atoms with van der Waals surface area (Å²) in [6, 6.07) is 1.89. The summed E-state index contributed by atoms with van der Waals surface area (Å²) < 4.78 is 8.87. The molecule has 0 radical (unpaired) electrons. The Kier molecular flexibility index (Phi) is 12.7. The van der Waals surface area contributed by atoms with Crippen LogP contribution in [-0.2, 0) is 9.53 Å². The van der Waals surface area contributed by atoms with Gasteiger partial charge in [0.2, 0.25) is 0 Å². The zero-order valence-electron chi connectivity index (χ0n) is 9.53. The van der Waals surface area contributed by atoms with Crippen molar-refractivity contribution in [3.05, 3.63) is 17.5 Å². The number of aromatic nitrogens is 1. The van der Waals surface area contributed by atoms with E-state index in [2.05, 4.69) is 9.89 Å². The quantitative estimate of drug-likeness (QED) is 0.690. The van der Waals surface area contributed by atoms with Crippen LogP contribution in [0.25, 0.3) is 0 Å². The first-order valence-corrected chi connectivity index (χ1v) is 4.65. The lowest BCUT2D eigenvalue weighted by Gasteiger charge is -1.79. The molecule has 1 aromatic rings. The van der Waals surface area contributed by atoms with Crippen molar-refractivity contribution in [2.24, 2.45) is 0 Å². The molecule has 0 aliphatic heterocycles. The molecule has 0 saturated carbocycles. The summed E-state index contributed by atoms with van der Waals surface area (Å²) >= 11 is 0. The third-order valence-electron chi connectivity index (χ3n) is 0.980. The normalized spacial score (nSPS) is 7.50. The third kappa shape index (κ3) is 10.7. The van der Waals surface area contributed by atoms with Crippen LogP contribution in [0.15, 0.2) is 10.6 Å². The number of rotatable bonds is 2. The Morgan fingerprint density at radius 3 is 2.14 bits per heavy atom. The number of carbonyl (C=O) groups excluding carboxylic acids is 1. The summed E-state index contributed by atoms with van der Waals surface area (Å²) in [7, 11) is 0. The molecular formula is C10H19NO3. The van der Waals surface area contributed by atoms with E-state index in [9.17, 15) is 4.79 Å². The molecule has 0 aliphatic rings. The van der Waals surface area contributed by atoms with E-state index in [1.807, 2.05) is 33.8 Å². The van der Waals surface area contributed by atoms with Gasteiger partial charge in [-0.15, -0.1) is 0 Å². The number of hydrogen-bond donors (Lipinski definition) is 0. The summed E-state index contributed by atoms with van der Waals surface area (Å²) in [5, 5.41) is 3.64. The first kappa shape index (κ1) is 15.2. The van der Waals surface area contributed by atoms with Gasteiger partial charge in [-0.2, -0.15) is 0 Å². The third-order valence-corrected chi connectivity index (χ3v) is 0.980. The second-order valence-corrected chi connectivity index (χ2v) is 2.13. The van der Waals surface area contributed by atoms with Crippen molar-refractivity contribution < 1.29 is 14.1 Å². The molecule has 0 amide bonds. The van der Waals surface area contributed by atoms with E-state index in [4.69, 9.17) is 4.52 Å². The summed E-state index contributed by atoms with van der Waals surface area (Å²) in [5.74, 6) is 0.873. The molecular weight excluding hydrogens is 182 g/mol. The second kappa shape index (κ2) is 11.7. The fourth-order valence-electron chi connectivity index (χ4n) is 0.559. The van der Waals surface area contributed by atoms with Gasteiger partial charge in [0.15, 0.2) is 0 Å². The molecule has 0 fully saturated rings. The average Bonchev–Trinajstić information content (AvgIpc) is 2.56. The lowest BCUT2D eigenvalue weighted by molar-refractivity contribution is -0.128. The van der Waals surface area contributed by atoms with E-state index in [-0.39, 0.29) is 0 Å². The molecule has 82 valence electrons. The van der Waals surface area contributed by atoms with Crippen LogP contribution in [0.2, 0.25) is 0 Å². The first-order chi connectivity index (χ1) is 6.70. The second-order valence-electron chi connectivity index (χ2n) is 2.13. The van der Waals surface area contributed by atoms with E-state index in [0.29, 0.717) is 13.1 Å². The van der Waals surface area contributed by atoms with Crippen LogP contribution in [0.4, 0.5) is 0 Å². The Bertz CT molecular complexity index is 204. The zero-order valence-corrected chi connectivity index (χ0v) is 9.53. The minimum Gasteiger partial charge on any atom is -0.468 e. The van der Waals surface area contributed by atoms with Crippen molar-refractivity contribution in [2.75, 3.05) is 6.61 Å². The van der Waals surface area contributed by atoms with Crippen LogP contribution in [0.1, 0.15) is 32.2 Å². The van der Waals surface area contributed by atoms with Gasteiger partial charge in [-0.3, -0.25) is 4.79 Å². The fourth-order valence-corrected chi connectivity index (χ4v) is 0.559. The van der Waals surface area contributed by atoms with Gasteiger partial charge in [0.1, 0.15) is 5.76 Å². The molecule has 1 heterocycles. The van der Waals surface area contributed by atoms with E-state index in [0.717, 1.165) is 11.5 Å². The van der Waals surface area contributed by atoms with Crippen LogP contribution in [0.5, 0.6) is 0 Å². The smallest absolute Gasteiger partial charge is 0.293 e. The van der Waals surface area contributed by atoms with Crippen molar-refractivity contribution in [3.8, 4) is 0 Å². The highest BCUT2D eigenvalue weighted by Crippen LogP contribution is 1.96. The van der Waals surface area contributed by atoms with Crippen LogP contribution < -0.4 is 0 Å². The zero-order chi connectivity index (χ0) is 11.4. The van der Waals surface area contributed by atoms with Gasteiger partial charge in [-0.1, -0.05) is 19.0 Å². The van der Waals surface area contributed by atoms with Crippen LogP contribution in [-0.4, -0.2) is 18.2 Å². The van der Waals surface area contributed by atoms with E-state index in [1.54, 1.807) is 6.92 Å². The maximum absolute atomic E-state index is 9.18. The molecule has 1 rings (SSSR count). The predicted molar refractivity (Wildman–Crippen MR) is 55.0 cm³/mol. The SMILES string of the molecule is CC.CCOC=O.Cc1cc(C)on1. The standard InChI is InChI=1S/C5H7NO.C3H6O2.C2H6/c1-4-3-5(2)7-6-4;1-2-5-3-4;1-2/h3H,1-2H3;3H,2H2,1H3;1-2H3. The highest BCUT2D eigenvalue weighted by Gasteiger charge is 1.88. The number of hydrogen-bond acceptors (Lipinski definition) is 4. The maximum Gasteiger partial charge on any atom is 0.293 e. The van der Waals surface area contributed by atoms with Crippen molar-refractivity contribution in [1.29, 1.82) is 0 Å². The molecule has 0 aromatic carbocycles. The Hall–Kier alpha value is -1.32. The lowest BCUT2D eigenvalue weighted by atomic mass is 10.4. The van der Waals surface area contributed by atoms with Gasteiger partial charge in [0.05, 0.1) is 12.3 Å². The van der Waals surface area contributed by atoms with Crippen molar-refractivity contribution in [2.45, 2.75) is 34.6 Å². The molecule has 0 N–H and O–H groups in total. The molecule has 4 nitrogen and oxygen atoms in total. The summed E-state index contributed by atoms with van der Waals surface area (Å²) in [6.07, 6.45) is 0. The Labute approximate surface area is 85.2 Å². The molecule has 0 bridgehead atoms. The van der Waals surface area contributed by atoms with E-state index >= 15 is 0 Å². The Balaban J connectivity index is 0. The number of ether oxygens (including phenoxy) is 1. The van der Waals surface area contributed by atoms with Crippen molar-refractivity contribution >= 4 is 6.47 Å². The first-order valence-electron chi connectivity index (χ1n) is 4.65. The maximum atomic E-state index is 9.18. The molecule has 14 heavy (non-hydrogen) atoms. The number of nitrogens with zero attached hydrogens (tertiary/aromatic N) is 1. The Morgan fingerprint density at radius 2 is 2.07 bits per heavy atom. The minimum absolute atomic E-state index is 0.431. The fraction of sp³-hybridized carbons (Fsp3) is 0.600. The van der Waals surface area contributed by atoms with Gasteiger partial charge in [0, 0.05) is 6.07 Å². The lowest BCUT2D eigenvalue weighted by Crippen LogP contribution is -1.80. The van der Waals surface area contributed by atoms with Gasteiger partial charge < -0.3 is 9.26 Å². The minimum atomic E-state index is 0.431.